The van der Waals surface area contributed by atoms with Gasteiger partial charge in [-0.3, -0.25) is 0 Å². The minimum absolute atomic E-state index is 0.00793. The van der Waals surface area contributed by atoms with Crippen molar-refractivity contribution >= 4 is 0 Å². The van der Waals surface area contributed by atoms with E-state index in [2.05, 4.69) is 21.9 Å². The highest BCUT2D eigenvalue weighted by atomic mass is 19.1. The third-order valence-electron chi connectivity index (χ3n) is 1.62. The molecule has 1 aromatic rings. The van der Waals surface area contributed by atoms with E-state index >= 15 is 0 Å². The van der Waals surface area contributed by atoms with Crippen LogP contribution in [0.25, 0.3) is 10.4 Å². The second kappa shape index (κ2) is 5.53. The molecule has 0 N–H and O–H groups in total. The van der Waals surface area contributed by atoms with Crippen LogP contribution in [0.2, 0.25) is 0 Å². The number of benzene rings is 1. The summed E-state index contributed by atoms with van der Waals surface area (Å²) in [5.41, 5.74) is 8.18. The molecule has 0 atom stereocenters. The predicted octanol–water partition coefficient (Wildman–Crippen LogP) is 2.50. The van der Waals surface area contributed by atoms with Gasteiger partial charge in [0.25, 0.3) is 0 Å². The summed E-state index contributed by atoms with van der Waals surface area (Å²) in [6.45, 7) is 0.00793. The first kappa shape index (κ1) is 10.9. The zero-order valence-corrected chi connectivity index (χ0v) is 8.07. The number of rotatable bonds is 2. The van der Waals surface area contributed by atoms with E-state index in [1.165, 1.54) is 19.2 Å². The normalized spacial score (nSPS) is 8.40. The van der Waals surface area contributed by atoms with E-state index in [9.17, 15) is 4.39 Å². The molecule has 0 fully saturated rings. The Morgan fingerprint density at radius 3 is 3.07 bits per heavy atom. The SMILES string of the molecule is COc1cccc(F)c1C#CCN=[N+]=[N-]. The van der Waals surface area contributed by atoms with Crippen LogP contribution in [0, 0.1) is 17.7 Å². The van der Waals surface area contributed by atoms with Gasteiger partial charge in [-0.2, -0.15) is 0 Å². The van der Waals surface area contributed by atoms with Crippen molar-refractivity contribution < 1.29 is 9.13 Å². The molecule has 0 aliphatic carbocycles. The van der Waals surface area contributed by atoms with Gasteiger partial charge in [0, 0.05) is 4.91 Å². The third kappa shape index (κ3) is 2.90. The fourth-order valence-electron chi connectivity index (χ4n) is 0.991. The van der Waals surface area contributed by atoms with Crippen LogP contribution in [-0.4, -0.2) is 13.7 Å². The van der Waals surface area contributed by atoms with Gasteiger partial charge in [0.05, 0.1) is 13.7 Å². The number of hydrogen-bond acceptors (Lipinski definition) is 2. The van der Waals surface area contributed by atoms with Gasteiger partial charge in [-0.1, -0.05) is 23.0 Å². The van der Waals surface area contributed by atoms with Gasteiger partial charge in [-0.15, -0.1) is 0 Å². The lowest BCUT2D eigenvalue weighted by molar-refractivity contribution is 0.409. The van der Waals surface area contributed by atoms with Crippen molar-refractivity contribution in [2.24, 2.45) is 5.11 Å². The number of hydrogen-bond donors (Lipinski definition) is 0. The molecule has 1 rings (SSSR count). The summed E-state index contributed by atoms with van der Waals surface area (Å²) in [4.78, 5) is 2.53. The van der Waals surface area contributed by atoms with Gasteiger partial charge in [0.1, 0.15) is 17.1 Å². The summed E-state index contributed by atoms with van der Waals surface area (Å²) < 4.78 is 18.2. The maximum absolute atomic E-state index is 13.3. The van der Waals surface area contributed by atoms with E-state index in [0.717, 1.165) is 0 Å². The van der Waals surface area contributed by atoms with Crippen LogP contribution < -0.4 is 4.74 Å². The Balaban J connectivity index is 2.99. The molecule has 4 nitrogen and oxygen atoms in total. The summed E-state index contributed by atoms with van der Waals surface area (Å²) in [6, 6.07) is 4.44. The molecule has 0 aliphatic heterocycles. The number of azide groups is 1. The van der Waals surface area contributed by atoms with Crippen molar-refractivity contribution in [2.75, 3.05) is 13.7 Å². The molecule has 0 radical (unpaired) electrons. The standard InChI is InChI=1S/C10H8FN3O/c1-15-10-6-2-5-9(11)8(10)4-3-7-13-14-12/h2,5-6H,7H2,1H3. The van der Waals surface area contributed by atoms with Crippen LogP contribution in [0.1, 0.15) is 5.56 Å². The lowest BCUT2D eigenvalue weighted by atomic mass is 10.2. The fraction of sp³-hybridized carbons (Fsp3) is 0.200. The lowest BCUT2D eigenvalue weighted by Crippen LogP contribution is -1.91. The quantitative estimate of drug-likeness (QED) is 0.316. The molecule has 0 heterocycles. The average Bonchev–Trinajstić information content (AvgIpc) is 2.26. The largest absolute Gasteiger partial charge is 0.495 e. The number of methoxy groups -OCH3 is 1. The molecule has 0 bridgehead atoms. The van der Waals surface area contributed by atoms with Crippen LogP contribution in [0.4, 0.5) is 4.39 Å². The highest BCUT2D eigenvalue weighted by Gasteiger charge is 2.04. The van der Waals surface area contributed by atoms with Gasteiger partial charge in [0.15, 0.2) is 0 Å². The maximum atomic E-state index is 13.3. The lowest BCUT2D eigenvalue weighted by Gasteiger charge is -2.02. The molecule has 0 unspecified atom stereocenters. The monoisotopic (exact) mass is 205 g/mol. The Bertz CT molecular complexity index is 455. The van der Waals surface area contributed by atoms with E-state index < -0.39 is 5.82 Å². The third-order valence-corrected chi connectivity index (χ3v) is 1.62. The van der Waals surface area contributed by atoms with Crippen molar-refractivity contribution in [3.8, 4) is 17.6 Å². The molecule has 0 amide bonds. The van der Waals surface area contributed by atoms with Crippen molar-refractivity contribution in [3.05, 3.63) is 40.0 Å². The molecular weight excluding hydrogens is 197 g/mol. The topological polar surface area (TPSA) is 58.0 Å². The average molecular weight is 205 g/mol. The Hall–Kier alpha value is -2.18. The van der Waals surface area contributed by atoms with E-state index in [1.807, 2.05) is 0 Å². The Labute approximate surface area is 86.3 Å². The van der Waals surface area contributed by atoms with E-state index in [1.54, 1.807) is 6.07 Å². The second-order valence-electron chi connectivity index (χ2n) is 2.51. The molecule has 15 heavy (non-hydrogen) atoms. The zero-order chi connectivity index (χ0) is 11.1. The molecule has 0 aromatic heterocycles. The second-order valence-corrected chi connectivity index (χ2v) is 2.51. The van der Waals surface area contributed by atoms with Crippen LogP contribution in [0.15, 0.2) is 23.3 Å². The van der Waals surface area contributed by atoms with Crippen molar-refractivity contribution in [2.45, 2.75) is 0 Å². The molecule has 5 heteroatoms. The van der Waals surface area contributed by atoms with Gasteiger partial charge in [-0.05, 0) is 17.7 Å². The molecule has 0 saturated carbocycles. The van der Waals surface area contributed by atoms with Gasteiger partial charge in [-0.25, -0.2) is 4.39 Å². The minimum atomic E-state index is -0.456. The summed E-state index contributed by atoms with van der Waals surface area (Å²) in [5, 5.41) is 3.22. The van der Waals surface area contributed by atoms with Crippen LogP contribution >= 0.6 is 0 Å². The molecular formula is C10H8FN3O. The first-order chi connectivity index (χ1) is 7.29. The Morgan fingerprint density at radius 2 is 2.40 bits per heavy atom. The van der Waals surface area contributed by atoms with Gasteiger partial charge in [0.2, 0.25) is 0 Å². The van der Waals surface area contributed by atoms with E-state index in [0.29, 0.717) is 5.75 Å². The smallest absolute Gasteiger partial charge is 0.142 e. The number of nitrogens with zero attached hydrogens (tertiary/aromatic N) is 3. The molecule has 0 spiro atoms. The number of ether oxygens (including phenoxy) is 1. The number of halogens is 1. The summed E-state index contributed by atoms with van der Waals surface area (Å²) in [7, 11) is 1.44. The minimum Gasteiger partial charge on any atom is -0.495 e. The Kier molecular flexibility index (Phi) is 4.02. The Morgan fingerprint density at radius 1 is 1.60 bits per heavy atom. The molecule has 0 saturated heterocycles. The van der Waals surface area contributed by atoms with Gasteiger partial charge < -0.3 is 4.74 Å². The molecule has 1 aromatic carbocycles. The highest BCUT2D eigenvalue weighted by molar-refractivity contribution is 5.47. The van der Waals surface area contributed by atoms with Crippen molar-refractivity contribution in [1.29, 1.82) is 0 Å². The molecule has 76 valence electrons. The first-order valence-electron chi connectivity index (χ1n) is 4.12. The van der Waals surface area contributed by atoms with Crippen LogP contribution in [0.3, 0.4) is 0 Å². The van der Waals surface area contributed by atoms with E-state index in [-0.39, 0.29) is 12.1 Å². The van der Waals surface area contributed by atoms with Crippen LogP contribution in [-0.2, 0) is 0 Å². The summed E-state index contributed by atoms with van der Waals surface area (Å²) >= 11 is 0. The zero-order valence-electron chi connectivity index (χ0n) is 8.07. The molecule has 0 aliphatic rings. The fourth-order valence-corrected chi connectivity index (χ4v) is 0.991. The predicted molar refractivity (Wildman–Crippen MR) is 53.8 cm³/mol. The first-order valence-corrected chi connectivity index (χ1v) is 4.12. The summed E-state index contributed by atoms with van der Waals surface area (Å²) in [6.07, 6.45) is 0. The van der Waals surface area contributed by atoms with Crippen LogP contribution in [0.5, 0.6) is 5.75 Å². The van der Waals surface area contributed by atoms with Gasteiger partial charge >= 0.3 is 0 Å². The van der Waals surface area contributed by atoms with E-state index in [4.69, 9.17) is 10.3 Å². The summed E-state index contributed by atoms with van der Waals surface area (Å²) in [5.74, 6) is 4.99. The van der Waals surface area contributed by atoms with Crippen molar-refractivity contribution in [3.63, 3.8) is 0 Å². The highest BCUT2D eigenvalue weighted by Crippen LogP contribution is 2.19. The maximum Gasteiger partial charge on any atom is 0.142 e. The van der Waals surface area contributed by atoms with Crippen molar-refractivity contribution in [1.82, 2.24) is 0 Å².